The number of esters is 1. The number of ether oxygens (including phenoxy) is 1. The number of carbonyl (C=O) groups is 1. The van der Waals surface area contributed by atoms with Gasteiger partial charge in [0.15, 0.2) is 4.80 Å². The summed E-state index contributed by atoms with van der Waals surface area (Å²) in [4.78, 5) is 42.9. The Morgan fingerprint density at radius 1 is 1.18 bits per heavy atom. The highest BCUT2D eigenvalue weighted by Crippen LogP contribution is 2.32. The molecule has 204 valence electrons. The number of hydrogen-bond acceptors (Lipinski definition) is 8. The number of furan rings is 1. The highest BCUT2D eigenvalue weighted by atomic mass is 32.1. The number of nitro benzene ring substituents is 1. The summed E-state index contributed by atoms with van der Waals surface area (Å²) in [7, 11) is 0. The average Bonchev–Trinajstić information content (AvgIpc) is 3.52. The number of thiazole rings is 1. The van der Waals surface area contributed by atoms with Gasteiger partial charge in [-0.25, -0.2) is 9.79 Å². The van der Waals surface area contributed by atoms with E-state index in [9.17, 15) is 19.7 Å². The monoisotopic (exact) mass is 557 g/mol. The molecule has 1 atom stereocenters. The van der Waals surface area contributed by atoms with Crippen molar-refractivity contribution in [1.29, 1.82) is 0 Å². The second-order valence-electron chi connectivity index (χ2n) is 9.60. The number of para-hydroxylation sites is 1. The first-order valence-electron chi connectivity index (χ1n) is 12.8. The molecule has 0 bridgehead atoms. The predicted molar refractivity (Wildman–Crippen MR) is 152 cm³/mol. The van der Waals surface area contributed by atoms with E-state index in [2.05, 4.69) is 18.8 Å². The molecule has 1 aliphatic heterocycles. The molecule has 2 aromatic carbocycles. The largest absolute Gasteiger partial charge is 0.463 e. The number of fused-ring (bicyclic) bond motifs is 1. The molecule has 0 spiro atoms. The summed E-state index contributed by atoms with van der Waals surface area (Å²) < 4.78 is 13.1. The van der Waals surface area contributed by atoms with Crippen molar-refractivity contribution in [1.82, 2.24) is 4.57 Å². The van der Waals surface area contributed by atoms with E-state index < -0.39 is 16.9 Å². The van der Waals surface area contributed by atoms with E-state index in [1.54, 1.807) is 50.3 Å². The molecule has 40 heavy (non-hydrogen) atoms. The van der Waals surface area contributed by atoms with Gasteiger partial charge in [0.25, 0.3) is 11.2 Å². The Labute approximate surface area is 233 Å². The quantitative estimate of drug-likeness (QED) is 0.178. The zero-order chi connectivity index (χ0) is 28.6. The summed E-state index contributed by atoms with van der Waals surface area (Å²) in [5, 5.41) is 11.5. The third-order valence-electron chi connectivity index (χ3n) is 6.70. The van der Waals surface area contributed by atoms with Crippen molar-refractivity contribution in [2.75, 3.05) is 6.61 Å². The van der Waals surface area contributed by atoms with Crippen LogP contribution in [0.3, 0.4) is 0 Å². The molecule has 2 aromatic heterocycles. The van der Waals surface area contributed by atoms with Crippen LogP contribution in [0.25, 0.3) is 17.4 Å². The number of allylic oxidation sites excluding steroid dienone is 1. The minimum Gasteiger partial charge on any atom is -0.463 e. The van der Waals surface area contributed by atoms with Gasteiger partial charge in [-0.05, 0) is 49.1 Å². The predicted octanol–water partition coefficient (Wildman–Crippen LogP) is 5.09. The van der Waals surface area contributed by atoms with Crippen LogP contribution in [0.4, 0.5) is 5.69 Å². The van der Waals surface area contributed by atoms with Gasteiger partial charge in [0.05, 0.1) is 38.9 Å². The van der Waals surface area contributed by atoms with Crippen molar-refractivity contribution in [3.63, 3.8) is 0 Å². The second-order valence-corrected chi connectivity index (χ2v) is 10.6. The Balaban J connectivity index is 1.63. The minimum absolute atomic E-state index is 0.0757. The first-order chi connectivity index (χ1) is 19.2. The van der Waals surface area contributed by atoms with Crippen LogP contribution in [-0.4, -0.2) is 22.1 Å². The number of hydrogen-bond donors (Lipinski definition) is 0. The van der Waals surface area contributed by atoms with E-state index in [0.717, 1.165) is 11.1 Å². The number of rotatable bonds is 7. The molecule has 0 aliphatic carbocycles. The van der Waals surface area contributed by atoms with Gasteiger partial charge in [0.2, 0.25) is 0 Å². The molecule has 0 saturated carbocycles. The number of aromatic nitrogens is 1. The lowest BCUT2D eigenvalue weighted by Crippen LogP contribution is -2.39. The fourth-order valence-electron chi connectivity index (χ4n) is 4.72. The van der Waals surface area contributed by atoms with Gasteiger partial charge in [-0.2, -0.15) is 0 Å². The Morgan fingerprint density at radius 3 is 2.58 bits per heavy atom. The van der Waals surface area contributed by atoms with E-state index in [4.69, 9.17) is 9.15 Å². The number of nitro groups is 1. The van der Waals surface area contributed by atoms with E-state index >= 15 is 0 Å². The highest BCUT2D eigenvalue weighted by Gasteiger charge is 2.33. The smallest absolute Gasteiger partial charge is 0.338 e. The Kier molecular flexibility index (Phi) is 7.36. The van der Waals surface area contributed by atoms with Crippen LogP contribution < -0.4 is 14.9 Å². The van der Waals surface area contributed by atoms with Gasteiger partial charge in [0.1, 0.15) is 11.5 Å². The van der Waals surface area contributed by atoms with Crippen molar-refractivity contribution in [2.45, 2.75) is 39.7 Å². The zero-order valence-corrected chi connectivity index (χ0v) is 23.2. The summed E-state index contributed by atoms with van der Waals surface area (Å²) in [5.74, 6) is 0.483. The van der Waals surface area contributed by atoms with Crippen molar-refractivity contribution in [3.8, 4) is 11.3 Å². The molecular weight excluding hydrogens is 530 g/mol. The fraction of sp³-hybridized carbons (Fsp3) is 0.233. The Bertz CT molecular complexity index is 1830. The maximum absolute atomic E-state index is 13.8. The van der Waals surface area contributed by atoms with Crippen LogP contribution in [-0.2, 0) is 9.53 Å². The van der Waals surface area contributed by atoms with Gasteiger partial charge in [-0.15, -0.1) is 0 Å². The van der Waals surface area contributed by atoms with Crippen LogP contribution in [0.5, 0.6) is 0 Å². The SMILES string of the molecule is CCOC(=O)C1=C(C)N=c2sc(=Cc3ccc(-c4ccccc4[N+](=O)[O-])o3)c(=O)n2C1c1ccc(C(C)C)cc1. The van der Waals surface area contributed by atoms with Crippen LogP contribution in [0.2, 0.25) is 0 Å². The minimum atomic E-state index is -0.710. The zero-order valence-electron chi connectivity index (χ0n) is 22.4. The molecule has 0 fully saturated rings. The lowest BCUT2D eigenvalue weighted by Gasteiger charge is -2.25. The van der Waals surface area contributed by atoms with Crippen molar-refractivity contribution >= 4 is 29.1 Å². The molecule has 0 amide bonds. The molecule has 0 radical (unpaired) electrons. The van der Waals surface area contributed by atoms with Crippen molar-refractivity contribution in [3.05, 3.63) is 119 Å². The maximum Gasteiger partial charge on any atom is 0.338 e. The van der Waals surface area contributed by atoms with E-state index in [0.29, 0.717) is 43.6 Å². The topological polar surface area (TPSA) is 117 Å². The Hall–Kier alpha value is -4.57. The van der Waals surface area contributed by atoms with Crippen molar-refractivity contribution < 1.29 is 18.9 Å². The molecule has 1 unspecified atom stereocenters. The molecular formula is C30H27N3O6S. The van der Waals surface area contributed by atoms with Gasteiger partial charge in [-0.3, -0.25) is 19.5 Å². The van der Waals surface area contributed by atoms with Gasteiger partial charge in [-0.1, -0.05) is 61.6 Å². The molecule has 4 aromatic rings. The first-order valence-corrected chi connectivity index (χ1v) is 13.6. The van der Waals surface area contributed by atoms with Crippen LogP contribution >= 0.6 is 11.3 Å². The van der Waals surface area contributed by atoms with E-state index in [-0.39, 0.29) is 17.9 Å². The molecule has 9 nitrogen and oxygen atoms in total. The first kappa shape index (κ1) is 27.0. The third kappa shape index (κ3) is 4.93. The van der Waals surface area contributed by atoms with Gasteiger partial charge in [0, 0.05) is 12.1 Å². The third-order valence-corrected chi connectivity index (χ3v) is 7.69. The number of carbonyl (C=O) groups excluding carboxylic acids is 1. The fourth-order valence-corrected chi connectivity index (χ4v) is 5.74. The van der Waals surface area contributed by atoms with Crippen LogP contribution in [0.15, 0.2) is 86.1 Å². The second kappa shape index (κ2) is 10.9. The summed E-state index contributed by atoms with van der Waals surface area (Å²) in [6.45, 7) is 7.87. The Morgan fingerprint density at radius 2 is 1.90 bits per heavy atom. The molecule has 0 N–H and O–H groups in total. The number of benzene rings is 2. The van der Waals surface area contributed by atoms with E-state index in [1.165, 1.54) is 22.0 Å². The summed E-state index contributed by atoms with van der Waals surface area (Å²) >= 11 is 1.18. The molecule has 10 heteroatoms. The lowest BCUT2D eigenvalue weighted by molar-refractivity contribution is -0.384. The summed E-state index contributed by atoms with van der Waals surface area (Å²) in [5.41, 5.74) is 2.64. The lowest BCUT2D eigenvalue weighted by atomic mass is 9.93. The molecule has 1 aliphatic rings. The molecule has 5 rings (SSSR count). The van der Waals surface area contributed by atoms with E-state index in [1.807, 2.05) is 24.3 Å². The van der Waals surface area contributed by atoms with Gasteiger partial charge >= 0.3 is 5.97 Å². The standard InChI is InChI=1S/C30H27N3O6S/c1-5-38-29(35)26-18(4)31-30-32(27(26)20-12-10-19(11-13-20)17(2)3)28(34)25(40-30)16-21-14-15-24(39-21)22-8-6-7-9-23(22)33(36)37/h6-17,27H,5H2,1-4H3. The summed E-state index contributed by atoms with van der Waals surface area (Å²) in [6, 6.07) is 16.7. The van der Waals surface area contributed by atoms with Crippen molar-refractivity contribution in [2.24, 2.45) is 4.99 Å². The highest BCUT2D eigenvalue weighted by molar-refractivity contribution is 7.07. The normalized spacial score (nSPS) is 15.2. The maximum atomic E-state index is 13.8. The molecule has 0 saturated heterocycles. The number of nitrogens with zero attached hydrogens (tertiary/aromatic N) is 3. The van der Waals surface area contributed by atoms with Crippen LogP contribution in [0, 0.1) is 10.1 Å². The van der Waals surface area contributed by atoms with Crippen LogP contribution in [0.1, 0.15) is 56.5 Å². The average molecular weight is 558 g/mol. The van der Waals surface area contributed by atoms with Gasteiger partial charge < -0.3 is 9.15 Å². The molecule has 3 heterocycles. The summed E-state index contributed by atoms with van der Waals surface area (Å²) in [6.07, 6.45) is 1.59.